The second kappa shape index (κ2) is 4.00. The second-order valence-corrected chi connectivity index (χ2v) is 2.84. The van der Waals surface area contributed by atoms with Crippen LogP contribution in [0.3, 0.4) is 0 Å². The Balaban J connectivity index is 2.93. The predicted molar refractivity (Wildman–Crippen MR) is 52.9 cm³/mol. The smallest absolute Gasteiger partial charge is 0.206 e. The van der Waals surface area contributed by atoms with Gasteiger partial charge in [-0.2, -0.15) is 0 Å². The van der Waals surface area contributed by atoms with E-state index in [0.717, 1.165) is 18.5 Å². The number of hydrogen-bond acceptors (Lipinski definition) is 1. The van der Waals surface area contributed by atoms with E-state index in [1.807, 2.05) is 32.5 Å². The molecule has 12 heavy (non-hydrogen) atoms. The van der Waals surface area contributed by atoms with Crippen molar-refractivity contribution in [2.24, 2.45) is 4.99 Å². The van der Waals surface area contributed by atoms with Crippen molar-refractivity contribution in [1.29, 1.82) is 0 Å². The minimum Gasteiger partial charge on any atom is -0.255 e. The van der Waals surface area contributed by atoms with Crippen LogP contribution in [-0.4, -0.2) is 23.5 Å². The highest BCUT2D eigenvalue weighted by atomic mass is 15.0. The highest BCUT2D eigenvalue weighted by Gasteiger charge is 2.15. The summed E-state index contributed by atoms with van der Waals surface area (Å²) in [6, 6.07) is 0. The molecule has 2 nitrogen and oxygen atoms in total. The van der Waals surface area contributed by atoms with Gasteiger partial charge >= 0.3 is 0 Å². The lowest BCUT2D eigenvalue weighted by Gasteiger charge is -2.05. The molecule has 0 atom stereocenters. The molecule has 0 spiro atoms. The summed E-state index contributed by atoms with van der Waals surface area (Å²) in [6.45, 7) is 5.89. The number of allylic oxidation sites excluding steroid dienone is 2. The summed E-state index contributed by atoms with van der Waals surface area (Å²) in [5.74, 6) is 0. The molecule has 2 heteroatoms. The van der Waals surface area contributed by atoms with E-state index in [0.29, 0.717) is 0 Å². The normalized spacial score (nSPS) is 22.0. The molecule has 1 aliphatic heterocycles. The van der Waals surface area contributed by atoms with Crippen LogP contribution in [0.4, 0.5) is 0 Å². The maximum atomic E-state index is 4.18. The molecule has 64 valence electrons. The number of rotatable bonds is 1. The maximum absolute atomic E-state index is 4.18. The van der Waals surface area contributed by atoms with Gasteiger partial charge in [0.1, 0.15) is 12.7 Å². The van der Waals surface area contributed by atoms with Gasteiger partial charge in [-0.05, 0) is 19.4 Å². The molecule has 0 amide bonds. The van der Waals surface area contributed by atoms with Crippen molar-refractivity contribution in [3.63, 3.8) is 0 Å². The summed E-state index contributed by atoms with van der Waals surface area (Å²) in [6.07, 6.45) is 8.04. The third kappa shape index (κ3) is 1.91. The van der Waals surface area contributed by atoms with Crippen LogP contribution in [-0.2, 0) is 0 Å². The maximum Gasteiger partial charge on any atom is 0.206 e. The fourth-order valence-corrected chi connectivity index (χ4v) is 1.29. The quantitative estimate of drug-likeness (QED) is 0.525. The molecule has 0 saturated heterocycles. The summed E-state index contributed by atoms with van der Waals surface area (Å²) in [7, 11) is 2.03. The molecule has 0 aromatic heterocycles. The molecule has 0 bridgehead atoms. The Morgan fingerprint density at radius 3 is 3.00 bits per heavy atom. The van der Waals surface area contributed by atoms with Crippen LogP contribution in [0.1, 0.15) is 19.8 Å². The fraction of sp³-hybridized carbons (Fsp3) is 0.400. The number of nitrogens with zero attached hydrogens (tertiary/aromatic N) is 2. The molecular formula is C10H15N2+. The van der Waals surface area contributed by atoms with Crippen LogP contribution < -0.4 is 0 Å². The van der Waals surface area contributed by atoms with Gasteiger partial charge in [0, 0.05) is 12.6 Å². The van der Waals surface area contributed by atoms with Crippen molar-refractivity contribution in [2.45, 2.75) is 19.8 Å². The molecule has 0 aliphatic carbocycles. The molecule has 0 aromatic rings. The van der Waals surface area contributed by atoms with Gasteiger partial charge in [0.05, 0.1) is 0 Å². The van der Waals surface area contributed by atoms with E-state index in [9.17, 15) is 0 Å². The Hall–Kier alpha value is -1.18. The molecule has 1 heterocycles. The van der Waals surface area contributed by atoms with E-state index in [2.05, 4.69) is 16.1 Å². The largest absolute Gasteiger partial charge is 0.255 e. The topological polar surface area (TPSA) is 15.4 Å². The SMILES string of the molecule is C=C1N=CCCC1=[N+](C)C=CC. The predicted octanol–water partition coefficient (Wildman–Crippen LogP) is 1.98. The highest BCUT2D eigenvalue weighted by Crippen LogP contribution is 2.08. The lowest BCUT2D eigenvalue weighted by atomic mass is 10.1. The van der Waals surface area contributed by atoms with Gasteiger partial charge in [-0.1, -0.05) is 6.58 Å². The standard InChI is InChI=1S/C10H15N2/c1-4-8-12(3)10-6-5-7-11-9(10)2/h4,7-8H,2,5-6H2,1,3H3/q+1. The van der Waals surface area contributed by atoms with Crippen molar-refractivity contribution in [3.8, 4) is 0 Å². The first-order valence-corrected chi connectivity index (χ1v) is 4.19. The average molecular weight is 163 g/mol. The second-order valence-electron chi connectivity index (χ2n) is 2.84. The van der Waals surface area contributed by atoms with Gasteiger partial charge < -0.3 is 0 Å². The third-order valence-electron chi connectivity index (χ3n) is 1.89. The van der Waals surface area contributed by atoms with E-state index in [1.165, 1.54) is 5.71 Å². The van der Waals surface area contributed by atoms with Gasteiger partial charge in [-0.15, -0.1) is 0 Å². The number of hydrogen-bond donors (Lipinski definition) is 0. The summed E-state index contributed by atoms with van der Waals surface area (Å²) in [5, 5.41) is 0. The molecule has 0 unspecified atom stereocenters. The molecule has 0 N–H and O–H groups in total. The van der Waals surface area contributed by atoms with Crippen LogP contribution in [0, 0.1) is 0 Å². The zero-order valence-electron chi connectivity index (χ0n) is 7.75. The van der Waals surface area contributed by atoms with E-state index in [1.54, 1.807) is 0 Å². The minimum atomic E-state index is 0.891. The molecule has 1 aliphatic rings. The summed E-state index contributed by atoms with van der Waals surface area (Å²) in [4.78, 5) is 4.18. The molecule has 1 rings (SSSR count). The van der Waals surface area contributed by atoms with Gasteiger partial charge in [0.15, 0.2) is 6.20 Å². The van der Waals surface area contributed by atoms with E-state index < -0.39 is 0 Å². The Morgan fingerprint density at radius 2 is 2.42 bits per heavy atom. The zero-order valence-corrected chi connectivity index (χ0v) is 7.75. The summed E-state index contributed by atoms with van der Waals surface area (Å²) < 4.78 is 2.08. The lowest BCUT2D eigenvalue weighted by Crippen LogP contribution is -2.16. The van der Waals surface area contributed by atoms with E-state index in [4.69, 9.17) is 0 Å². The van der Waals surface area contributed by atoms with E-state index >= 15 is 0 Å². The Bertz CT molecular complexity index is 270. The number of aliphatic imine (C=N–C) groups is 1. The van der Waals surface area contributed by atoms with Crippen molar-refractivity contribution < 1.29 is 4.58 Å². The minimum absolute atomic E-state index is 0.891. The fourth-order valence-electron chi connectivity index (χ4n) is 1.29. The molecule has 0 radical (unpaired) electrons. The van der Waals surface area contributed by atoms with Crippen LogP contribution in [0.25, 0.3) is 0 Å². The average Bonchev–Trinajstić information content (AvgIpc) is 2.05. The van der Waals surface area contributed by atoms with Crippen molar-refractivity contribution in [2.75, 3.05) is 7.05 Å². The first-order chi connectivity index (χ1) is 5.75. The first kappa shape index (κ1) is 8.91. The van der Waals surface area contributed by atoms with Crippen molar-refractivity contribution in [3.05, 3.63) is 24.6 Å². The van der Waals surface area contributed by atoms with Crippen LogP contribution >= 0.6 is 0 Å². The zero-order chi connectivity index (χ0) is 8.97. The lowest BCUT2D eigenvalue weighted by molar-refractivity contribution is -0.423. The van der Waals surface area contributed by atoms with Gasteiger partial charge in [0.25, 0.3) is 0 Å². The monoisotopic (exact) mass is 163 g/mol. The van der Waals surface area contributed by atoms with Crippen LogP contribution in [0.15, 0.2) is 29.5 Å². The Labute approximate surface area is 73.6 Å². The van der Waals surface area contributed by atoms with Crippen molar-refractivity contribution >= 4 is 11.9 Å². The molecule has 0 aromatic carbocycles. The molecule has 0 fully saturated rings. The Kier molecular flexibility index (Phi) is 2.97. The summed E-state index contributed by atoms with van der Waals surface area (Å²) >= 11 is 0. The third-order valence-corrected chi connectivity index (χ3v) is 1.89. The molecular weight excluding hydrogens is 148 g/mol. The first-order valence-electron chi connectivity index (χ1n) is 4.19. The van der Waals surface area contributed by atoms with Gasteiger partial charge in [0.2, 0.25) is 5.71 Å². The van der Waals surface area contributed by atoms with Crippen LogP contribution in [0.2, 0.25) is 0 Å². The molecule has 0 saturated carbocycles. The highest BCUT2D eigenvalue weighted by molar-refractivity contribution is 5.99. The summed E-state index contributed by atoms with van der Waals surface area (Å²) in [5.41, 5.74) is 2.11. The van der Waals surface area contributed by atoms with E-state index in [-0.39, 0.29) is 0 Å². The van der Waals surface area contributed by atoms with Crippen LogP contribution in [0.5, 0.6) is 0 Å². The van der Waals surface area contributed by atoms with Crippen molar-refractivity contribution in [1.82, 2.24) is 0 Å². The van der Waals surface area contributed by atoms with Gasteiger partial charge in [-0.25, -0.2) is 4.58 Å². The Morgan fingerprint density at radius 1 is 1.67 bits per heavy atom. The van der Waals surface area contributed by atoms with Gasteiger partial charge in [-0.3, -0.25) is 4.99 Å².